The molecule has 2 saturated heterocycles. The Balaban J connectivity index is 1.92. The number of ether oxygens (including phenoxy) is 1. The zero-order chi connectivity index (χ0) is 15.5. The van der Waals surface area contributed by atoms with Crippen LogP contribution in [0.1, 0.15) is 40.0 Å². The third-order valence-electron chi connectivity index (χ3n) is 5.15. The Morgan fingerprint density at radius 2 is 2.19 bits per heavy atom. The summed E-state index contributed by atoms with van der Waals surface area (Å²) in [5.74, 6) is -0.636. The molecule has 2 fully saturated rings. The van der Waals surface area contributed by atoms with Crippen LogP contribution < -0.4 is 0 Å². The van der Waals surface area contributed by atoms with Crippen molar-refractivity contribution in [3.05, 3.63) is 0 Å². The number of piperidine rings is 1. The zero-order valence-corrected chi connectivity index (χ0v) is 13.7. The Labute approximate surface area is 128 Å². The van der Waals surface area contributed by atoms with E-state index in [2.05, 4.69) is 23.6 Å². The van der Waals surface area contributed by atoms with E-state index in [9.17, 15) is 9.90 Å². The molecule has 5 nitrogen and oxygen atoms in total. The van der Waals surface area contributed by atoms with Crippen molar-refractivity contribution in [1.29, 1.82) is 0 Å². The van der Waals surface area contributed by atoms with Crippen molar-refractivity contribution >= 4 is 5.97 Å². The minimum atomic E-state index is -0.636. The van der Waals surface area contributed by atoms with E-state index in [1.54, 1.807) is 0 Å². The Hall–Kier alpha value is -0.650. The lowest BCUT2D eigenvalue weighted by Crippen LogP contribution is -2.53. The molecule has 0 saturated carbocycles. The first-order valence-corrected chi connectivity index (χ1v) is 8.28. The summed E-state index contributed by atoms with van der Waals surface area (Å²) in [7, 11) is 0. The van der Waals surface area contributed by atoms with E-state index >= 15 is 0 Å². The molecular formula is C16H30N2O3. The number of aliphatic carboxylic acids is 1. The van der Waals surface area contributed by atoms with Crippen LogP contribution in [0.2, 0.25) is 0 Å². The highest BCUT2D eigenvalue weighted by Gasteiger charge is 2.41. The molecule has 0 amide bonds. The predicted octanol–water partition coefficient (Wildman–Crippen LogP) is 1.67. The molecule has 122 valence electrons. The van der Waals surface area contributed by atoms with Crippen LogP contribution in [0.15, 0.2) is 0 Å². The zero-order valence-electron chi connectivity index (χ0n) is 13.7. The highest BCUT2D eigenvalue weighted by atomic mass is 16.5. The van der Waals surface area contributed by atoms with Gasteiger partial charge in [0.15, 0.2) is 0 Å². The maximum Gasteiger partial charge on any atom is 0.310 e. The van der Waals surface area contributed by atoms with Crippen molar-refractivity contribution in [2.24, 2.45) is 5.41 Å². The van der Waals surface area contributed by atoms with E-state index in [1.165, 1.54) is 0 Å². The van der Waals surface area contributed by atoms with Gasteiger partial charge in [-0.25, -0.2) is 0 Å². The van der Waals surface area contributed by atoms with E-state index in [4.69, 9.17) is 4.74 Å². The van der Waals surface area contributed by atoms with E-state index in [0.29, 0.717) is 19.0 Å². The van der Waals surface area contributed by atoms with Gasteiger partial charge in [-0.1, -0.05) is 6.92 Å². The molecule has 2 rings (SSSR count). The quantitative estimate of drug-likeness (QED) is 0.837. The topological polar surface area (TPSA) is 53.0 Å². The first-order chi connectivity index (χ1) is 9.97. The van der Waals surface area contributed by atoms with E-state index in [1.807, 2.05) is 6.92 Å². The van der Waals surface area contributed by atoms with Gasteiger partial charge in [-0.05, 0) is 39.7 Å². The Morgan fingerprint density at radius 1 is 1.43 bits per heavy atom. The first kappa shape index (κ1) is 16.7. The summed E-state index contributed by atoms with van der Waals surface area (Å²) in [6.07, 6.45) is 2.70. The van der Waals surface area contributed by atoms with E-state index in [0.717, 1.165) is 45.6 Å². The third kappa shape index (κ3) is 3.96. The maximum atomic E-state index is 11.6. The van der Waals surface area contributed by atoms with Crippen LogP contribution in [0, 0.1) is 5.41 Å². The number of rotatable bonds is 5. The number of carboxylic acids is 1. The van der Waals surface area contributed by atoms with Crippen molar-refractivity contribution in [3.63, 3.8) is 0 Å². The fourth-order valence-electron chi connectivity index (χ4n) is 3.61. The number of likely N-dealkylation sites (tertiary alicyclic amines) is 1. The number of hydrogen-bond donors (Lipinski definition) is 1. The molecule has 0 aromatic carbocycles. The lowest BCUT2D eigenvalue weighted by atomic mass is 9.77. The number of carboxylic acid groups (broad SMARTS) is 1. The van der Waals surface area contributed by atoms with Gasteiger partial charge in [0.05, 0.1) is 18.1 Å². The summed E-state index contributed by atoms with van der Waals surface area (Å²) in [5, 5.41) is 9.56. The molecule has 1 N–H and O–H groups in total. The van der Waals surface area contributed by atoms with Crippen molar-refractivity contribution in [2.45, 2.75) is 52.2 Å². The number of carbonyl (C=O) groups is 1. The van der Waals surface area contributed by atoms with Crippen molar-refractivity contribution in [3.8, 4) is 0 Å². The number of hydrogen-bond acceptors (Lipinski definition) is 4. The van der Waals surface area contributed by atoms with Crippen molar-refractivity contribution in [1.82, 2.24) is 9.80 Å². The van der Waals surface area contributed by atoms with Crippen molar-refractivity contribution < 1.29 is 14.6 Å². The molecule has 2 aliphatic heterocycles. The second-order valence-electron chi connectivity index (χ2n) is 6.86. The number of morpholine rings is 1. The Kier molecular flexibility index (Phi) is 5.63. The van der Waals surface area contributed by atoms with Gasteiger partial charge in [0, 0.05) is 32.2 Å². The van der Waals surface area contributed by atoms with Crippen LogP contribution in [-0.4, -0.2) is 72.4 Å². The van der Waals surface area contributed by atoms with Gasteiger partial charge in [-0.15, -0.1) is 0 Å². The molecule has 0 aliphatic carbocycles. The number of nitrogens with zero attached hydrogens (tertiary/aromatic N) is 2. The lowest BCUT2D eigenvalue weighted by molar-refractivity contribution is -0.153. The largest absolute Gasteiger partial charge is 0.481 e. The first-order valence-electron chi connectivity index (χ1n) is 8.28. The molecule has 0 radical (unpaired) electrons. The van der Waals surface area contributed by atoms with Gasteiger partial charge in [0.25, 0.3) is 0 Å². The summed E-state index contributed by atoms with van der Waals surface area (Å²) >= 11 is 0. The normalized spacial score (nSPS) is 32.5. The van der Waals surface area contributed by atoms with Crippen LogP contribution in [0.25, 0.3) is 0 Å². The summed E-state index contributed by atoms with van der Waals surface area (Å²) in [5.41, 5.74) is -0.551. The van der Waals surface area contributed by atoms with E-state index in [-0.39, 0.29) is 6.10 Å². The SMILES string of the molecule is CCC1(C(=O)O)CCCN(CC2CN(C(C)C)CCO2)C1. The lowest BCUT2D eigenvalue weighted by Gasteiger charge is -2.42. The molecule has 5 heteroatoms. The highest BCUT2D eigenvalue weighted by Crippen LogP contribution is 2.33. The standard InChI is InChI=1S/C16H30N2O3/c1-4-16(15(19)20)6-5-7-17(12-16)10-14-11-18(13(2)3)8-9-21-14/h13-14H,4-12H2,1-3H3,(H,19,20). The fourth-order valence-corrected chi connectivity index (χ4v) is 3.61. The van der Waals surface area contributed by atoms with Crippen LogP contribution in [0.3, 0.4) is 0 Å². The smallest absolute Gasteiger partial charge is 0.310 e. The minimum Gasteiger partial charge on any atom is -0.481 e. The second kappa shape index (κ2) is 7.07. The average molecular weight is 298 g/mol. The van der Waals surface area contributed by atoms with Gasteiger partial charge < -0.3 is 9.84 Å². The highest BCUT2D eigenvalue weighted by molar-refractivity contribution is 5.75. The maximum absolute atomic E-state index is 11.6. The molecule has 2 heterocycles. The van der Waals surface area contributed by atoms with Crippen LogP contribution in [-0.2, 0) is 9.53 Å². The Morgan fingerprint density at radius 3 is 2.81 bits per heavy atom. The van der Waals surface area contributed by atoms with Crippen LogP contribution in [0.5, 0.6) is 0 Å². The molecule has 0 spiro atoms. The molecule has 2 aliphatic rings. The summed E-state index contributed by atoms with van der Waals surface area (Å²) in [6, 6.07) is 0.548. The van der Waals surface area contributed by atoms with Crippen LogP contribution >= 0.6 is 0 Å². The molecular weight excluding hydrogens is 268 g/mol. The van der Waals surface area contributed by atoms with Gasteiger partial charge >= 0.3 is 5.97 Å². The van der Waals surface area contributed by atoms with E-state index < -0.39 is 11.4 Å². The molecule has 0 aromatic rings. The third-order valence-corrected chi connectivity index (χ3v) is 5.15. The van der Waals surface area contributed by atoms with Gasteiger partial charge in [-0.2, -0.15) is 0 Å². The van der Waals surface area contributed by atoms with Crippen LogP contribution in [0.4, 0.5) is 0 Å². The fraction of sp³-hybridized carbons (Fsp3) is 0.938. The molecule has 0 aromatic heterocycles. The minimum absolute atomic E-state index is 0.211. The van der Waals surface area contributed by atoms with Gasteiger partial charge in [0.1, 0.15) is 0 Å². The van der Waals surface area contributed by atoms with Crippen molar-refractivity contribution in [2.75, 3.05) is 39.3 Å². The summed E-state index contributed by atoms with van der Waals surface area (Å²) in [6.45, 7) is 11.7. The monoisotopic (exact) mass is 298 g/mol. The second-order valence-corrected chi connectivity index (χ2v) is 6.86. The molecule has 2 unspecified atom stereocenters. The molecule has 2 atom stereocenters. The molecule has 0 bridgehead atoms. The predicted molar refractivity (Wildman–Crippen MR) is 82.5 cm³/mol. The molecule has 21 heavy (non-hydrogen) atoms. The average Bonchev–Trinajstić information content (AvgIpc) is 2.47. The van der Waals surface area contributed by atoms with Gasteiger partial charge in [-0.3, -0.25) is 14.6 Å². The van der Waals surface area contributed by atoms with Gasteiger partial charge in [0.2, 0.25) is 0 Å². The summed E-state index contributed by atoms with van der Waals surface area (Å²) in [4.78, 5) is 16.4. The Bertz CT molecular complexity index is 361. The summed E-state index contributed by atoms with van der Waals surface area (Å²) < 4.78 is 5.89.